The highest BCUT2D eigenvalue weighted by atomic mass is 35.5. The summed E-state index contributed by atoms with van der Waals surface area (Å²) < 4.78 is 5.47. The number of amides is 1. The van der Waals surface area contributed by atoms with Crippen molar-refractivity contribution in [3.05, 3.63) is 0 Å². The molecule has 140 valence electrons. The third kappa shape index (κ3) is 5.33. The topological polar surface area (TPSA) is 78.9 Å². The molecular weight excluding hydrogens is 332 g/mol. The number of rotatable bonds is 9. The largest absolute Gasteiger partial charge is 0.481 e. The van der Waals surface area contributed by atoms with Gasteiger partial charge in [0.2, 0.25) is 5.91 Å². The van der Waals surface area contributed by atoms with Crippen LogP contribution in [0.3, 0.4) is 0 Å². The Morgan fingerprint density at radius 3 is 2.75 bits per heavy atom. The second kappa shape index (κ2) is 9.59. The molecule has 1 heterocycles. The van der Waals surface area contributed by atoms with E-state index in [1.807, 2.05) is 4.90 Å². The molecule has 0 unspecified atom stereocenters. The molecule has 6 nitrogen and oxygen atoms in total. The number of carbonyl (C=O) groups excluding carboxylic acids is 1. The van der Waals surface area contributed by atoms with E-state index >= 15 is 0 Å². The van der Waals surface area contributed by atoms with E-state index in [1.54, 1.807) is 0 Å². The van der Waals surface area contributed by atoms with Crippen molar-refractivity contribution >= 4 is 24.3 Å². The van der Waals surface area contributed by atoms with E-state index in [2.05, 4.69) is 19.2 Å². The van der Waals surface area contributed by atoms with Crippen molar-refractivity contribution in [2.45, 2.75) is 39.5 Å². The predicted octanol–water partition coefficient (Wildman–Crippen LogP) is 1.77. The first-order valence-corrected chi connectivity index (χ1v) is 8.74. The normalized spacial score (nSPS) is 26.2. The van der Waals surface area contributed by atoms with E-state index in [-0.39, 0.29) is 30.8 Å². The van der Waals surface area contributed by atoms with Crippen LogP contribution in [-0.4, -0.2) is 61.3 Å². The zero-order valence-electron chi connectivity index (χ0n) is 14.8. The van der Waals surface area contributed by atoms with Crippen LogP contribution >= 0.6 is 12.4 Å². The molecule has 1 saturated heterocycles. The Morgan fingerprint density at radius 1 is 1.38 bits per heavy atom. The summed E-state index contributed by atoms with van der Waals surface area (Å²) in [5.41, 5.74) is -0.611. The highest BCUT2D eigenvalue weighted by molar-refractivity contribution is 5.85. The fourth-order valence-corrected chi connectivity index (χ4v) is 3.81. The molecule has 0 radical (unpaired) electrons. The van der Waals surface area contributed by atoms with Gasteiger partial charge < -0.3 is 15.2 Å². The summed E-state index contributed by atoms with van der Waals surface area (Å²) in [6, 6.07) is 0. The van der Waals surface area contributed by atoms with Gasteiger partial charge in [-0.05, 0) is 31.1 Å². The average molecular weight is 363 g/mol. The Morgan fingerprint density at radius 2 is 2.12 bits per heavy atom. The summed E-state index contributed by atoms with van der Waals surface area (Å²) in [5.74, 6) is 0.0902. The number of nitrogens with zero attached hydrogens (tertiary/aromatic N) is 1. The van der Waals surface area contributed by atoms with Crippen molar-refractivity contribution < 1.29 is 19.4 Å². The number of carbonyl (C=O) groups is 2. The van der Waals surface area contributed by atoms with Gasteiger partial charge >= 0.3 is 5.97 Å². The molecule has 2 atom stereocenters. The highest BCUT2D eigenvalue weighted by Gasteiger charge is 2.54. The predicted molar refractivity (Wildman–Crippen MR) is 94.4 cm³/mol. The Hall–Kier alpha value is -0.850. The van der Waals surface area contributed by atoms with Crippen molar-refractivity contribution in [2.75, 3.05) is 39.4 Å². The Balaban J connectivity index is 0.00000288. The third-order valence-corrected chi connectivity index (χ3v) is 5.14. The summed E-state index contributed by atoms with van der Waals surface area (Å²) in [5, 5.41) is 12.4. The maximum atomic E-state index is 12.0. The molecule has 0 aromatic rings. The monoisotopic (exact) mass is 362 g/mol. The number of aliphatic carboxylic acids is 1. The molecule has 24 heavy (non-hydrogen) atoms. The molecule has 2 fully saturated rings. The molecule has 0 spiro atoms. The fourth-order valence-electron chi connectivity index (χ4n) is 3.81. The smallest absolute Gasteiger partial charge is 0.311 e. The number of likely N-dealkylation sites (tertiary alicyclic amines) is 1. The molecule has 0 aromatic heterocycles. The first-order valence-electron chi connectivity index (χ1n) is 8.74. The van der Waals surface area contributed by atoms with Gasteiger partial charge in [0.25, 0.3) is 0 Å². The van der Waals surface area contributed by atoms with Gasteiger partial charge in [-0.2, -0.15) is 0 Å². The van der Waals surface area contributed by atoms with E-state index in [0.717, 1.165) is 38.8 Å². The van der Waals surface area contributed by atoms with Crippen molar-refractivity contribution in [2.24, 2.45) is 17.3 Å². The van der Waals surface area contributed by atoms with Gasteiger partial charge in [-0.1, -0.05) is 20.3 Å². The van der Waals surface area contributed by atoms with Gasteiger partial charge in [0.15, 0.2) is 0 Å². The minimum absolute atomic E-state index is 0. The maximum Gasteiger partial charge on any atom is 0.311 e. The van der Waals surface area contributed by atoms with Gasteiger partial charge in [-0.3, -0.25) is 14.5 Å². The molecule has 1 aliphatic carbocycles. The fraction of sp³-hybridized carbons (Fsp3) is 0.882. The molecule has 0 aromatic carbocycles. The van der Waals surface area contributed by atoms with Crippen LogP contribution in [0, 0.1) is 17.3 Å². The van der Waals surface area contributed by atoms with Gasteiger partial charge in [0.05, 0.1) is 18.6 Å². The maximum absolute atomic E-state index is 12.0. The van der Waals surface area contributed by atoms with Crippen LogP contribution < -0.4 is 5.32 Å². The molecule has 1 aliphatic heterocycles. The van der Waals surface area contributed by atoms with E-state index in [4.69, 9.17) is 4.74 Å². The molecule has 2 aliphatic rings. The SMILES string of the molecule is CC(C)CCOCCNC(=O)CN1C[C@@H]2CCC[C@@]2(C(=O)O)C1.Cl. The second-order valence-corrected chi connectivity index (χ2v) is 7.36. The van der Waals surface area contributed by atoms with Gasteiger partial charge in [-0.25, -0.2) is 0 Å². The molecule has 1 amide bonds. The van der Waals surface area contributed by atoms with Crippen molar-refractivity contribution in [1.82, 2.24) is 10.2 Å². The molecule has 1 saturated carbocycles. The Kier molecular flexibility index (Phi) is 8.46. The van der Waals surface area contributed by atoms with E-state index in [9.17, 15) is 14.7 Å². The first kappa shape index (κ1) is 21.2. The summed E-state index contributed by atoms with van der Waals surface area (Å²) in [6.45, 7) is 7.59. The molecule has 7 heteroatoms. The van der Waals surface area contributed by atoms with E-state index < -0.39 is 11.4 Å². The number of nitrogens with one attached hydrogen (secondary N) is 1. The van der Waals surface area contributed by atoms with Crippen LogP contribution in [0.5, 0.6) is 0 Å². The molecular formula is C17H31ClN2O4. The van der Waals surface area contributed by atoms with Crippen LogP contribution in [0.4, 0.5) is 0 Å². The van der Waals surface area contributed by atoms with Gasteiger partial charge in [-0.15, -0.1) is 12.4 Å². The quantitative estimate of drug-likeness (QED) is 0.611. The number of halogens is 1. The zero-order valence-corrected chi connectivity index (χ0v) is 15.6. The number of hydrogen-bond donors (Lipinski definition) is 2. The third-order valence-electron chi connectivity index (χ3n) is 5.14. The average Bonchev–Trinajstić information content (AvgIpc) is 2.99. The highest BCUT2D eigenvalue weighted by Crippen LogP contribution is 2.48. The number of carboxylic acid groups (broad SMARTS) is 1. The number of hydrogen-bond acceptors (Lipinski definition) is 4. The van der Waals surface area contributed by atoms with Gasteiger partial charge in [0.1, 0.15) is 0 Å². The number of fused-ring (bicyclic) bond motifs is 1. The van der Waals surface area contributed by atoms with Crippen LogP contribution in [0.2, 0.25) is 0 Å². The Bertz CT molecular complexity index is 433. The summed E-state index contributed by atoms with van der Waals surface area (Å²) in [7, 11) is 0. The summed E-state index contributed by atoms with van der Waals surface area (Å²) >= 11 is 0. The summed E-state index contributed by atoms with van der Waals surface area (Å²) in [6.07, 6.45) is 3.73. The van der Waals surface area contributed by atoms with Crippen molar-refractivity contribution in [3.8, 4) is 0 Å². The lowest BCUT2D eigenvalue weighted by Gasteiger charge is -2.23. The van der Waals surface area contributed by atoms with E-state index in [1.165, 1.54) is 0 Å². The second-order valence-electron chi connectivity index (χ2n) is 7.36. The minimum Gasteiger partial charge on any atom is -0.481 e. The number of carboxylic acids is 1. The zero-order chi connectivity index (χ0) is 16.9. The lowest BCUT2D eigenvalue weighted by Crippen LogP contribution is -2.40. The van der Waals surface area contributed by atoms with E-state index in [0.29, 0.717) is 25.6 Å². The van der Waals surface area contributed by atoms with Crippen LogP contribution in [0.15, 0.2) is 0 Å². The summed E-state index contributed by atoms with van der Waals surface area (Å²) in [4.78, 5) is 25.6. The number of ether oxygens (including phenoxy) is 1. The van der Waals surface area contributed by atoms with Crippen molar-refractivity contribution in [3.63, 3.8) is 0 Å². The lowest BCUT2D eigenvalue weighted by atomic mass is 9.81. The van der Waals surface area contributed by atoms with Crippen LogP contribution in [-0.2, 0) is 14.3 Å². The Labute approximate surface area is 150 Å². The lowest BCUT2D eigenvalue weighted by molar-refractivity contribution is -0.149. The molecule has 0 bridgehead atoms. The van der Waals surface area contributed by atoms with Crippen LogP contribution in [0.1, 0.15) is 39.5 Å². The van der Waals surface area contributed by atoms with Gasteiger partial charge in [0, 0.05) is 26.2 Å². The molecule has 2 rings (SSSR count). The van der Waals surface area contributed by atoms with Crippen LogP contribution in [0.25, 0.3) is 0 Å². The molecule has 2 N–H and O–H groups in total. The standard InChI is InChI=1S/C17H30N2O4.ClH/c1-13(2)5-8-23-9-7-18-15(20)11-19-10-14-4-3-6-17(14,12-19)16(21)22;/h13-14H,3-12H2,1-2H3,(H,18,20)(H,21,22);1H/t14-,17+;/m0./s1. The minimum atomic E-state index is -0.693. The first-order chi connectivity index (χ1) is 10.9. The van der Waals surface area contributed by atoms with Crippen molar-refractivity contribution in [1.29, 1.82) is 0 Å².